The lowest BCUT2D eigenvalue weighted by Gasteiger charge is -2.43. The van der Waals surface area contributed by atoms with Gasteiger partial charge in [0.1, 0.15) is 23.1 Å². The minimum Gasteiger partial charge on any atom is -0.438 e. The van der Waals surface area contributed by atoms with Crippen molar-refractivity contribution in [2.45, 2.75) is 31.4 Å². The number of benzene rings is 3. The van der Waals surface area contributed by atoms with Crippen molar-refractivity contribution in [1.82, 2.24) is 9.62 Å². The molecule has 7 nitrogen and oxygen atoms in total. The molecule has 2 atom stereocenters. The van der Waals surface area contributed by atoms with E-state index in [-0.39, 0.29) is 25.1 Å². The summed E-state index contributed by atoms with van der Waals surface area (Å²) < 4.78 is 71.7. The Morgan fingerprint density at radius 2 is 1.68 bits per heavy atom. The van der Waals surface area contributed by atoms with Gasteiger partial charge in [-0.15, -0.1) is 0 Å². The van der Waals surface area contributed by atoms with Gasteiger partial charge in [-0.1, -0.05) is 36.4 Å². The van der Waals surface area contributed by atoms with Crippen LogP contribution in [0.5, 0.6) is 0 Å². The Kier molecular flexibility index (Phi) is 7.58. The van der Waals surface area contributed by atoms with E-state index in [0.717, 1.165) is 11.6 Å². The van der Waals surface area contributed by atoms with Crippen molar-refractivity contribution in [2.24, 2.45) is 5.14 Å². The third kappa shape index (κ3) is 6.12. The molecule has 0 radical (unpaired) electrons. The number of hydrogen-bond donors (Lipinski definition) is 2. The van der Waals surface area contributed by atoms with E-state index in [1.165, 1.54) is 41.3 Å². The molecule has 0 bridgehead atoms. The largest absolute Gasteiger partial charge is 0.438 e. The molecule has 0 aliphatic carbocycles. The van der Waals surface area contributed by atoms with E-state index >= 15 is 0 Å². The van der Waals surface area contributed by atoms with E-state index in [2.05, 4.69) is 4.72 Å². The van der Waals surface area contributed by atoms with Gasteiger partial charge in [-0.3, -0.25) is 0 Å². The quantitative estimate of drug-likeness (QED) is 0.436. The summed E-state index contributed by atoms with van der Waals surface area (Å²) in [7, 11) is -3.95. The van der Waals surface area contributed by atoms with E-state index in [1.54, 1.807) is 24.3 Å². The summed E-state index contributed by atoms with van der Waals surface area (Å²) in [6.45, 7) is 2.02. The molecule has 0 saturated carbocycles. The Morgan fingerprint density at radius 1 is 1.03 bits per heavy atom. The van der Waals surface area contributed by atoms with Crippen molar-refractivity contribution >= 4 is 16.3 Å². The lowest BCUT2D eigenvalue weighted by molar-refractivity contribution is -0.0644. The molecule has 196 valence electrons. The summed E-state index contributed by atoms with van der Waals surface area (Å²) in [4.78, 5) is 14.7. The molecule has 0 unspecified atom stereocenters. The fourth-order valence-electron chi connectivity index (χ4n) is 4.54. The number of nitrogens with one attached hydrogen (secondary N) is 1. The van der Waals surface area contributed by atoms with Gasteiger partial charge in [0.2, 0.25) is 0 Å². The third-order valence-electron chi connectivity index (χ3n) is 6.58. The van der Waals surface area contributed by atoms with Gasteiger partial charge in [0, 0.05) is 37.6 Å². The molecular weight excluding hydrogens is 507 g/mol. The third-order valence-corrected chi connectivity index (χ3v) is 7.19. The first kappa shape index (κ1) is 26.6. The lowest BCUT2D eigenvalue weighted by atomic mass is 9.85. The van der Waals surface area contributed by atoms with Crippen LogP contribution in [0.25, 0.3) is 11.1 Å². The Balaban J connectivity index is 1.52. The van der Waals surface area contributed by atoms with Crippen LogP contribution < -0.4 is 9.86 Å². The number of cyclic esters (lactones) is 1. The van der Waals surface area contributed by atoms with Gasteiger partial charge in [0.25, 0.3) is 10.2 Å². The molecule has 11 heteroatoms. The number of carbonyl (C=O) groups is 1. The molecule has 3 aromatic carbocycles. The summed E-state index contributed by atoms with van der Waals surface area (Å²) >= 11 is 0. The zero-order valence-electron chi connectivity index (χ0n) is 20.0. The first-order chi connectivity index (χ1) is 17.5. The molecular formula is C26H26F3N3O4S. The fourth-order valence-corrected chi connectivity index (χ4v) is 4.92. The van der Waals surface area contributed by atoms with Crippen LogP contribution in [0.4, 0.5) is 18.0 Å². The zero-order chi connectivity index (χ0) is 26.8. The summed E-state index contributed by atoms with van der Waals surface area (Å²) in [5.74, 6) is -1.79. The van der Waals surface area contributed by atoms with Crippen LogP contribution in [0.2, 0.25) is 0 Å². The van der Waals surface area contributed by atoms with Gasteiger partial charge in [-0.2, -0.15) is 8.42 Å². The van der Waals surface area contributed by atoms with Crippen molar-refractivity contribution in [3.8, 4) is 11.1 Å². The van der Waals surface area contributed by atoms with Crippen LogP contribution in [0.15, 0.2) is 66.7 Å². The first-order valence-electron chi connectivity index (χ1n) is 11.6. The number of rotatable bonds is 8. The van der Waals surface area contributed by atoms with Crippen molar-refractivity contribution in [1.29, 1.82) is 0 Å². The number of halogens is 3. The summed E-state index contributed by atoms with van der Waals surface area (Å²) in [6.07, 6.45) is -0.201. The molecule has 4 rings (SSSR count). The van der Waals surface area contributed by atoms with Crippen LogP contribution in [-0.2, 0) is 20.5 Å². The smallest absolute Gasteiger partial charge is 0.411 e. The Bertz CT molecular complexity index is 1390. The Hall–Kier alpha value is -3.41. The highest BCUT2D eigenvalue weighted by Crippen LogP contribution is 2.39. The molecule has 3 N–H and O–H groups in total. The second-order valence-electron chi connectivity index (χ2n) is 8.92. The van der Waals surface area contributed by atoms with Gasteiger partial charge in [0.15, 0.2) is 0 Å². The maximum Gasteiger partial charge on any atom is 0.411 e. The monoisotopic (exact) mass is 533 g/mol. The fraction of sp³-hybridized carbons (Fsp3) is 0.269. The van der Waals surface area contributed by atoms with E-state index < -0.39 is 45.4 Å². The van der Waals surface area contributed by atoms with Crippen LogP contribution >= 0.6 is 0 Å². The minimum absolute atomic E-state index is 0.0829. The number of amides is 1. The summed E-state index contributed by atoms with van der Waals surface area (Å²) in [6, 6.07) is 15.4. The van der Waals surface area contributed by atoms with Crippen LogP contribution in [0.1, 0.15) is 36.9 Å². The molecule has 1 aliphatic rings. The average molecular weight is 534 g/mol. The number of carbonyl (C=O) groups excluding carboxylic acids is 1. The van der Waals surface area contributed by atoms with Gasteiger partial charge in [-0.05, 0) is 47.9 Å². The predicted molar refractivity (Wildman–Crippen MR) is 132 cm³/mol. The first-order valence-corrected chi connectivity index (χ1v) is 13.1. The highest BCUT2D eigenvalue weighted by atomic mass is 32.2. The number of hydrogen-bond acceptors (Lipinski definition) is 4. The summed E-state index contributed by atoms with van der Waals surface area (Å²) in [5, 5.41) is 5.03. The topological polar surface area (TPSA) is 102 Å². The molecule has 1 fully saturated rings. The maximum absolute atomic E-state index is 14.2. The minimum atomic E-state index is -3.95. The van der Waals surface area contributed by atoms with E-state index in [0.29, 0.717) is 17.5 Å². The van der Waals surface area contributed by atoms with Gasteiger partial charge >= 0.3 is 6.09 Å². The van der Waals surface area contributed by atoms with Crippen molar-refractivity contribution in [3.05, 3.63) is 95.3 Å². The number of nitrogens with two attached hydrogens (primary N) is 1. The predicted octanol–water partition coefficient (Wildman–Crippen LogP) is 4.75. The van der Waals surface area contributed by atoms with Gasteiger partial charge in [-0.25, -0.2) is 27.8 Å². The van der Waals surface area contributed by atoms with Gasteiger partial charge in [0.05, 0.1) is 6.04 Å². The highest BCUT2D eigenvalue weighted by Gasteiger charge is 2.43. The van der Waals surface area contributed by atoms with Crippen LogP contribution in [0, 0.1) is 17.5 Å². The molecule has 0 spiro atoms. The van der Waals surface area contributed by atoms with Crippen molar-refractivity contribution in [2.75, 3.05) is 13.1 Å². The van der Waals surface area contributed by atoms with Crippen LogP contribution in [0.3, 0.4) is 0 Å². The van der Waals surface area contributed by atoms with E-state index in [1.807, 2.05) is 6.92 Å². The number of ether oxygens (including phenoxy) is 1. The molecule has 1 aliphatic heterocycles. The molecule has 3 aromatic rings. The molecule has 1 amide bonds. The molecule has 37 heavy (non-hydrogen) atoms. The van der Waals surface area contributed by atoms with Crippen molar-refractivity contribution in [3.63, 3.8) is 0 Å². The number of nitrogens with zero attached hydrogens (tertiary/aromatic N) is 1. The van der Waals surface area contributed by atoms with Gasteiger partial charge < -0.3 is 9.64 Å². The second-order valence-corrected chi connectivity index (χ2v) is 10.3. The van der Waals surface area contributed by atoms with Crippen molar-refractivity contribution < 1.29 is 31.1 Å². The highest BCUT2D eigenvalue weighted by molar-refractivity contribution is 7.87. The summed E-state index contributed by atoms with van der Waals surface area (Å²) in [5.41, 5.74) is 0.954. The van der Waals surface area contributed by atoms with E-state index in [9.17, 15) is 26.4 Å². The van der Waals surface area contributed by atoms with Crippen LogP contribution in [-0.4, -0.2) is 32.5 Å². The SMILES string of the molecule is C[C@@H](c1ccc(-c2ccc(F)cc2F)cc1)N1CC[C@](CCNS(N)(=O)=O)(c2ccc(F)cc2)OC1=O. The molecule has 1 heterocycles. The van der Waals surface area contributed by atoms with E-state index in [4.69, 9.17) is 9.88 Å². The molecule has 0 aromatic heterocycles. The normalized spacial score (nSPS) is 18.9. The molecule has 1 saturated heterocycles. The average Bonchev–Trinajstić information content (AvgIpc) is 2.83. The Labute approximate surface area is 213 Å². The maximum atomic E-state index is 14.2. The second kappa shape index (κ2) is 10.5. The lowest BCUT2D eigenvalue weighted by Crippen LogP contribution is -2.50. The Morgan fingerprint density at radius 3 is 2.27 bits per heavy atom. The zero-order valence-corrected chi connectivity index (χ0v) is 20.8. The standard InChI is InChI=1S/C26H26F3N3O4S/c1-17(18-2-4-19(5-3-18)23-11-10-22(28)16-24(23)29)32-15-13-26(36-25(32)33,12-14-31-37(30,34)35)20-6-8-21(27)9-7-20/h2-11,16-17,31H,12-15H2,1H3,(H2,30,34,35)/t17-,26+/m0/s1.